The number of nitrogens with one attached hydrogen (secondary N) is 1. The molecule has 0 saturated carbocycles. The van der Waals surface area contributed by atoms with Crippen LogP contribution in [0.5, 0.6) is 0 Å². The summed E-state index contributed by atoms with van der Waals surface area (Å²) in [6.07, 6.45) is 1.40. The first-order valence-corrected chi connectivity index (χ1v) is 11.9. The molecule has 0 atom stereocenters. The van der Waals surface area contributed by atoms with Gasteiger partial charge in [-0.05, 0) is 55.7 Å². The minimum Gasteiger partial charge on any atom is -0.279 e. The molecule has 0 fully saturated rings. The average molecular weight is 421 g/mol. The molecule has 3 rings (SSSR count). The summed E-state index contributed by atoms with van der Waals surface area (Å²) in [5.41, 5.74) is 1.84. The van der Waals surface area contributed by atoms with Gasteiger partial charge in [0, 0.05) is 12.2 Å². The number of benzene rings is 1. The number of thiophene rings is 1. The number of rotatable bonds is 5. The first kappa shape index (κ1) is 18.5. The lowest BCUT2D eigenvalue weighted by Gasteiger charge is -2.30. The standard InChI is InChI=1S/C15H17ClN2O4S3/c1-2-24(19,20)18-9-3-4-11-10-12(5-6-13(11)18)17-25(21,22)15-8-7-14(16)23-15/h5-8,10,17H,2-4,9H2,1H3. The van der Waals surface area contributed by atoms with Gasteiger partial charge < -0.3 is 0 Å². The fraction of sp³-hybridized carbons (Fsp3) is 0.333. The molecule has 1 aromatic heterocycles. The van der Waals surface area contributed by atoms with Crippen LogP contribution < -0.4 is 9.03 Å². The number of halogens is 1. The van der Waals surface area contributed by atoms with Crippen molar-refractivity contribution in [3.8, 4) is 0 Å². The minimum absolute atomic E-state index is 0.0277. The van der Waals surface area contributed by atoms with Crippen molar-refractivity contribution < 1.29 is 16.8 Å². The molecule has 1 aliphatic rings. The first-order chi connectivity index (χ1) is 11.7. The normalized spacial score (nSPS) is 15.0. The number of sulfonamides is 2. The zero-order chi connectivity index (χ0) is 18.2. The summed E-state index contributed by atoms with van der Waals surface area (Å²) < 4.78 is 53.7. The summed E-state index contributed by atoms with van der Waals surface area (Å²) in [6, 6.07) is 7.90. The molecule has 10 heteroatoms. The van der Waals surface area contributed by atoms with Crippen molar-refractivity contribution in [1.29, 1.82) is 0 Å². The second-order valence-electron chi connectivity index (χ2n) is 5.58. The Hall–Kier alpha value is -1.29. The Labute approximate surface area is 156 Å². The van der Waals surface area contributed by atoms with Crippen molar-refractivity contribution in [2.45, 2.75) is 24.0 Å². The molecular formula is C15H17ClN2O4S3. The van der Waals surface area contributed by atoms with E-state index in [2.05, 4.69) is 4.72 Å². The Bertz CT molecular complexity index is 1000. The van der Waals surface area contributed by atoms with Crippen molar-refractivity contribution >= 4 is 54.4 Å². The van der Waals surface area contributed by atoms with Gasteiger partial charge in [-0.3, -0.25) is 9.03 Å². The van der Waals surface area contributed by atoms with Crippen molar-refractivity contribution in [1.82, 2.24) is 0 Å². The second-order valence-corrected chi connectivity index (χ2v) is 11.4. The summed E-state index contributed by atoms with van der Waals surface area (Å²) >= 11 is 6.78. The lowest BCUT2D eigenvalue weighted by Crippen LogP contribution is -2.36. The quantitative estimate of drug-likeness (QED) is 0.804. The molecule has 0 spiro atoms. The highest BCUT2D eigenvalue weighted by Gasteiger charge is 2.26. The third kappa shape index (κ3) is 3.79. The van der Waals surface area contributed by atoms with E-state index < -0.39 is 20.0 Å². The summed E-state index contributed by atoms with van der Waals surface area (Å²) in [6.45, 7) is 2.06. The van der Waals surface area contributed by atoms with Gasteiger partial charge in [0.1, 0.15) is 4.21 Å². The first-order valence-electron chi connectivity index (χ1n) is 7.64. The highest BCUT2D eigenvalue weighted by Crippen LogP contribution is 2.33. The lowest BCUT2D eigenvalue weighted by molar-refractivity contribution is 0.587. The Morgan fingerprint density at radius 2 is 1.96 bits per heavy atom. The molecular weight excluding hydrogens is 404 g/mol. The van der Waals surface area contributed by atoms with Crippen LogP contribution >= 0.6 is 22.9 Å². The Morgan fingerprint density at radius 1 is 1.20 bits per heavy atom. The topological polar surface area (TPSA) is 83.6 Å². The van der Waals surface area contributed by atoms with Crippen LogP contribution in [0.3, 0.4) is 0 Å². The van der Waals surface area contributed by atoms with E-state index in [1.165, 1.54) is 16.4 Å². The average Bonchev–Trinajstić information content (AvgIpc) is 3.01. The van der Waals surface area contributed by atoms with Gasteiger partial charge in [0.05, 0.1) is 15.8 Å². The maximum absolute atomic E-state index is 12.4. The van der Waals surface area contributed by atoms with Gasteiger partial charge in [-0.15, -0.1) is 11.3 Å². The number of hydrogen-bond donors (Lipinski definition) is 1. The number of fused-ring (bicyclic) bond motifs is 1. The van der Waals surface area contributed by atoms with Crippen molar-refractivity contribution in [3.63, 3.8) is 0 Å². The van der Waals surface area contributed by atoms with Gasteiger partial charge in [0.2, 0.25) is 10.0 Å². The van der Waals surface area contributed by atoms with E-state index in [0.29, 0.717) is 35.1 Å². The van der Waals surface area contributed by atoms with E-state index in [9.17, 15) is 16.8 Å². The van der Waals surface area contributed by atoms with Crippen LogP contribution in [0.2, 0.25) is 4.34 Å². The molecule has 2 aromatic rings. The van der Waals surface area contributed by atoms with Gasteiger partial charge in [-0.1, -0.05) is 11.6 Å². The molecule has 0 saturated heterocycles. The van der Waals surface area contributed by atoms with Crippen LogP contribution in [0.25, 0.3) is 0 Å². The second kappa shape index (κ2) is 6.79. The zero-order valence-electron chi connectivity index (χ0n) is 13.4. The smallest absolute Gasteiger partial charge is 0.271 e. The summed E-state index contributed by atoms with van der Waals surface area (Å²) in [7, 11) is -7.05. The maximum Gasteiger partial charge on any atom is 0.271 e. The molecule has 0 amide bonds. The lowest BCUT2D eigenvalue weighted by atomic mass is 10.0. The molecule has 136 valence electrons. The Kier molecular flexibility index (Phi) is 5.02. The predicted molar refractivity (Wildman–Crippen MR) is 102 cm³/mol. The number of hydrogen-bond acceptors (Lipinski definition) is 5. The molecule has 1 aromatic carbocycles. The molecule has 25 heavy (non-hydrogen) atoms. The molecule has 1 aliphatic heterocycles. The maximum atomic E-state index is 12.4. The van der Waals surface area contributed by atoms with Crippen LogP contribution in [0, 0.1) is 0 Å². The van der Waals surface area contributed by atoms with E-state index in [4.69, 9.17) is 11.6 Å². The summed E-state index contributed by atoms with van der Waals surface area (Å²) in [5, 5.41) is 0. The van der Waals surface area contributed by atoms with Gasteiger partial charge in [-0.25, -0.2) is 16.8 Å². The van der Waals surface area contributed by atoms with E-state index in [-0.39, 0.29) is 9.96 Å². The van der Waals surface area contributed by atoms with E-state index in [1.807, 2.05) is 0 Å². The van der Waals surface area contributed by atoms with Crippen LogP contribution in [-0.2, 0) is 26.5 Å². The minimum atomic E-state index is -3.71. The largest absolute Gasteiger partial charge is 0.279 e. The Balaban J connectivity index is 1.92. The summed E-state index contributed by atoms with van der Waals surface area (Å²) in [5.74, 6) is 0.0277. The van der Waals surface area contributed by atoms with Gasteiger partial charge in [0.25, 0.3) is 10.0 Å². The number of nitrogens with zero attached hydrogens (tertiary/aromatic N) is 1. The van der Waals surface area contributed by atoms with E-state index in [0.717, 1.165) is 16.9 Å². The third-order valence-electron chi connectivity index (χ3n) is 3.92. The van der Waals surface area contributed by atoms with E-state index in [1.54, 1.807) is 25.1 Å². The van der Waals surface area contributed by atoms with Crippen molar-refractivity contribution in [2.24, 2.45) is 0 Å². The molecule has 0 unspecified atom stereocenters. The highest BCUT2D eigenvalue weighted by molar-refractivity contribution is 7.94. The number of aryl methyl sites for hydroxylation is 1. The molecule has 0 radical (unpaired) electrons. The fourth-order valence-corrected chi connectivity index (χ4v) is 6.45. The molecule has 0 aliphatic carbocycles. The monoisotopic (exact) mass is 420 g/mol. The number of anilines is 2. The van der Waals surface area contributed by atoms with Crippen LogP contribution in [-0.4, -0.2) is 29.1 Å². The predicted octanol–water partition coefficient (Wildman–Crippen LogP) is 3.30. The molecule has 6 nitrogen and oxygen atoms in total. The van der Waals surface area contributed by atoms with Crippen molar-refractivity contribution in [2.75, 3.05) is 21.3 Å². The summed E-state index contributed by atoms with van der Waals surface area (Å²) in [4.78, 5) is 0. The van der Waals surface area contributed by atoms with Crippen molar-refractivity contribution in [3.05, 3.63) is 40.2 Å². The molecule has 1 N–H and O–H groups in total. The molecule has 2 heterocycles. The van der Waals surface area contributed by atoms with Gasteiger partial charge in [0.15, 0.2) is 0 Å². The van der Waals surface area contributed by atoms with Gasteiger partial charge in [-0.2, -0.15) is 0 Å². The van der Waals surface area contributed by atoms with Crippen LogP contribution in [0.4, 0.5) is 11.4 Å². The SMILES string of the molecule is CCS(=O)(=O)N1CCCc2cc(NS(=O)(=O)c3ccc(Cl)s3)ccc21. The van der Waals surface area contributed by atoms with Crippen LogP contribution in [0.1, 0.15) is 18.9 Å². The zero-order valence-corrected chi connectivity index (χ0v) is 16.6. The fourth-order valence-electron chi connectivity index (χ4n) is 2.72. The van der Waals surface area contributed by atoms with Gasteiger partial charge >= 0.3 is 0 Å². The van der Waals surface area contributed by atoms with Crippen LogP contribution in [0.15, 0.2) is 34.5 Å². The Morgan fingerprint density at radius 3 is 2.60 bits per heavy atom. The molecule has 0 bridgehead atoms. The van der Waals surface area contributed by atoms with E-state index >= 15 is 0 Å². The highest BCUT2D eigenvalue weighted by atomic mass is 35.5. The third-order valence-corrected chi connectivity index (χ3v) is 8.81.